The summed E-state index contributed by atoms with van der Waals surface area (Å²) in [4.78, 5) is 14.1. The molecule has 0 aromatic carbocycles. The Balaban J connectivity index is 2.01. The first kappa shape index (κ1) is 11.7. The van der Waals surface area contributed by atoms with Gasteiger partial charge in [-0.05, 0) is 37.5 Å². The molecule has 1 aliphatic carbocycles. The van der Waals surface area contributed by atoms with E-state index in [9.17, 15) is 4.79 Å². The SMILES string of the molecule is C[C@@H]1C[C@H](C)CN(/C=C2\CCCCC2=O)C1. The molecule has 2 nitrogen and oxygen atoms in total. The van der Waals surface area contributed by atoms with E-state index in [4.69, 9.17) is 0 Å². The number of carbonyl (C=O) groups excluding carboxylic acids is 1. The summed E-state index contributed by atoms with van der Waals surface area (Å²) in [7, 11) is 0. The predicted molar refractivity (Wildman–Crippen MR) is 66.1 cm³/mol. The Labute approximate surface area is 98.7 Å². The van der Waals surface area contributed by atoms with Crippen LogP contribution in [0.25, 0.3) is 0 Å². The molecule has 1 heterocycles. The molecule has 1 saturated carbocycles. The number of ketones is 1. The molecular formula is C14H23NO. The third-order valence-electron chi connectivity index (χ3n) is 3.69. The van der Waals surface area contributed by atoms with Gasteiger partial charge in [-0.1, -0.05) is 13.8 Å². The largest absolute Gasteiger partial charge is 0.377 e. The highest BCUT2D eigenvalue weighted by Gasteiger charge is 2.22. The monoisotopic (exact) mass is 221 g/mol. The molecular weight excluding hydrogens is 198 g/mol. The van der Waals surface area contributed by atoms with Crippen LogP contribution in [0.2, 0.25) is 0 Å². The Bertz CT molecular complexity index is 285. The number of hydrogen-bond acceptors (Lipinski definition) is 2. The third-order valence-corrected chi connectivity index (χ3v) is 3.69. The van der Waals surface area contributed by atoms with E-state index < -0.39 is 0 Å². The quantitative estimate of drug-likeness (QED) is 0.634. The lowest BCUT2D eigenvalue weighted by molar-refractivity contribution is -0.116. The summed E-state index contributed by atoms with van der Waals surface area (Å²) in [6.07, 6.45) is 7.53. The van der Waals surface area contributed by atoms with Crippen molar-refractivity contribution in [3.63, 3.8) is 0 Å². The first-order valence-corrected chi connectivity index (χ1v) is 6.63. The zero-order chi connectivity index (χ0) is 11.5. The van der Waals surface area contributed by atoms with Gasteiger partial charge in [0.15, 0.2) is 5.78 Å². The van der Waals surface area contributed by atoms with Crippen LogP contribution in [0.1, 0.15) is 46.0 Å². The van der Waals surface area contributed by atoms with Crippen molar-refractivity contribution >= 4 is 5.78 Å². The van der Waals surface area contributed by atoms with Gasteiger partial charge in [-0.25, -0.2) is 0 Å². The summed E-state index contributed by atoms with van der Waals surface area (Å²) in [5.74, 6) is 1.91. The van der Waals surface area contributed by atoms with Crippen molar-refractivity contribution in [2.45, 2.75) is 46.0 Å². The van der Waals surface area contributed by atoms with E-state index in [0.29, 0.717) is 5.78 Å². The van der Waals surface area contributed by atoms with Gasteiger partial charge in [0, 0.05) is 31.3 Å². The van der Waals surface area contributed by atoms with E-state index >= 15 is 0 Å². The lowest BCUT2D eigenvalue weighted by Crippen LogP contribution is -2.35. The standard InChI is InChI=1S/C14H23NO/c1-11-7-12(2)9-15(8-11)10-13-5-3-4-6-14(13)16/h10-12H,3-9H2,1-2H3/b13-10+/t11-,12+. The smallest absolute Gasteiger partial charge is 0.160 e. The number of carbonyl (C=O) groups is 1. The molecule has 2 fully saturated rings. The maximum atomic E-state index is 11.7. The number of allylic oxidation sites excluding steroid dienone is 1. The molecule has 0 radical (unpaired) electrons. The Morgan fingerprint density at radius 1 is 1.12 bits per heavy atom. The van der Waals surface area contributed by atoms with E-state index in [2.05, 4.69) is 24.9 Å². The van der Waals surface area contributed by atoms with E-state index in [1.807, 2.05) is 0 Å². The summed E-state index contributed by atoms with van der Waals surface area (Å²) in [6.45, 7) is 6.87. The zero-order valence-corrected chi connectivity index (χ0v) is 10.5. The van der Waals surface area contributed by atoms with Crippen molar-refractivity contribution < 1.29 is 4.79 Å². The average Bonchev–Trinajstić information content (AvgIpc) is 2.20. The predicted octanol–water partition coefficient (Wildman–Crippen LogP) is 2.99. The minimum Gasteiger partial charge on any atom is -0.377 e. The maximum absolute atomic E-state index is 11.7. The molecule has 0 N–H and O–H groups in total. The molecule has 90 valence electrons. The fourth-order valence-corrected chi connectivity index (χ4v) is 3.07. The maximum Gasteiger partial charge on any atom is 0.160 e. The van der Waals surface area contributed by atoms with Gasteiger partial charge in [-0.3, -0.25) is 4.79 Å². The summed E-state index contributed by atoms with van der Waals surface area (Å²) in [6, 6.07) is 0. The van der Waals surface area contributed by atoms with Gasteiger partial charge >= 0.3 is 0 Å². The Morgan fingerprint density at radius 3 is 2.38 bits per heavy atom. The fraction of sp³-hybridized carbons (Fsp3) is 0.786. The Kier molecular flexibility index (Phi) is 3.67. The normalized spacial score (nSPS) is 34.5. The number of hydrogen-bond donors (Lipinski definition) is 0. The van der Waals surface area contributed by atoms with Gasteiger partial charge < -0.3 is 4.90 Å². The molecule has 16 heavy (non-hydrogen) atoms. The lowest BCUT2D eigenvalue weighted by Gasteiger charge is -2.35. The van der Waals surface area contributed by atoms with Crippen molar-refractivity contribution in [3.8, 4) is 0 Å². The molecule has 0 aromatic heterocycles. The van der Waals surface area contributed by atoms with Crippen molar-refractivity contribution in [2.75, 3.05) is 13.1 Å². The molecule has 2 rings (SSSR count). The molecule has 2 heteroatoms. The van der Waals surface area contributed by atoms with Crippen LogP contribution < -0.4 is 0 Å². The minimum atomic E-state index is 0.386. The first-order valence-electron chi connectivity index (χ1n) is 6.63. The molecule has 0 amide bonds. The first-order chi connectivity index (χ1) is 7.65. The van der Waals surface area contributed by atoms with E-state index in [-0.39, 0.29) is 0 Å². The van der Waals surface area contributed by atoms with Crippen molar-refractivity contribution in [1.29, 1.82) is 0 Å². The van der Waals surface area contributed by atoms with Gasteiger partial charge in [0.2, 0.25) is 0 Å². The van der Waals surface area contributed by atoms with Gasteiger partial charge in [0.25, 0.3) is 0 Å². The number of likely N-dealkylation sites (tertiary alicyclic amines) is 1. The van der Waals surface area contributed by atoms with Crippen LogP contribution in [0.4, 0.5) is 0 Å². The summed E-state index contributed by atoms with van der Waals surface area (Å²) < 4.78 is 0. The van der Waals surface area contributed by atoms with Gasteiger partial charge in [0.1, 0.15) is 0 Å². The van der Waals surface area contributed by atoms with Crippen molar-refractivity contribution in [3.05, 3.63) is 11.8 Å². The topological polar surface area (TPSA) is 20.3 Å². The molecule has 2 atom stereocenters. The van der Waals surface area contributed by atoms with Gasteiger partial charge in [-0.2, -0.15) is 0 Å². The average molecular weight is 221 g/mol. The summed E-state index contributed by atoms with van der Waals surface area (Å²) in [5.41, 5.74) is 1.08. The molecule has 2 aliphatic rings. The lowest BCUT2D eigenvalue weighted by atomic mass is 9.90. The third kappa shape index (κ3) is 2.87. The number of rotatable bonds is 1. The number of nitrogens with zero attached hydrogens (tertiary/aromatic N) is 1. The van der Waals surface area contributed by atoms with E-state index in [1.54, 1.807) is 0 Å². The molecule has 1 aliphatic heterocycles. The number of piperidine rings is 1. The molecule has 0 aromatic rings. The molecule has 1 saturated heterocycles. The highest BCUT2D eigenvalue weighted by Crippen LogP contribution is 2.24. The number of Topliss-reactive ketones (excluding diaryl/α,β-unsaturated/α-hetero) is 1. The second-order valence-corrected chi connectivity index (χ2v) is 5.68. The van der Waals surface area contributed by atoms with E-state index in [0.717, 1.165) is 49.8 Å². The second-order valence-electron chi connectivity index (χ2n) is 5.68. The van der Waals surface area contributed by atoms with Gasteiger partial charge in [-0.15, -0.1) is 0 Å². The van der Waals surface area contributed by atoms with Crippen LogP contribution in [-0.2, 0) is 4.79 Å². The molecule has 0 bridgehead atoms. The highest BCUT2D eigenvalue weighted by molar-refractivity contribution is 5.95. The molecule has 0 unspecified atom stereocenters. The van der Waals surface area contributed by atoms with Crippen LogP contribution in [0.3, 0.4) is 0 Å². The summed E-state index contributed by atoms with van der Waals surface area (Å²) in [5, 5.41) is 0. The molecule has 0 spiro atoms. The second kappa shape index (κ2) is 5.03. The minimum absolute atomic E-state index is 0.386. The van der Waals surface area contributed by atoms with Crippen LogP contribution >= 0.6 is 0 Å². The Hall–Kier alpha value is -0.790. The fourth-order valence-electron chi connectivity index (χ4n) is 3.07. The zero-order valence-electron chi connectivity index (χ0n) is 10.5. The summed E-state index contributed by atoms with van der Waals surface area (Å²) >= 11 is 0. The van der Waals surface area contributed by atoms with Crippen LogP contribution in [0.5, 0.6) is 0 Å². The van der Waals surface area contributed by atoms with Crippen LogP contribution in [0, 0.1) is 11.8 Å². The van der Waals surface area contributed by atoms with Crippen LogP contribution in [-0.4, -0.2) is 23.8 Å². The van der Waals surface area contributed by atoms with Crippen molar-refractivity contribution in [1.82, 2.24) is 4.90 Å². The van der Waals surface area contributed by atoms with Crippen LogP contribution in [0.15, 0.2) is 11.8 Å². The van der Waals surface area contributed by atoms with Gasteiger partial charge in [0.05, 0.1) is 0 Å². The highest BCUT2D eigenvalue weighted by atomic mass is 16.1. The Morgan fingerprint density at radius 2 is 1.75 bits per heavy atom. The van der Waals surface area contributed by atoms with Crippen molar-refractivity contribution in [2.24, 2.45) is 11.8 Å². The van der Waals surface area contributed by atoms with E-state index in [1.165, 1.54) is 12.8 Å².